The van der Waals surface area contributed by atoms with E-state index in [-0.39, 0.29) is 16.7 Å². The SMILES string of the molecule is CC(C)(C1CC1)n1cc(C(=O)O)ccc1=O. The maximum Gasteiger partial charge on any atom is 0.337 e. The summed E-state index contributed by atoms with van der Waals surface area (Å²) in [6.45, 7) is 3.97. The number of nitrogens with zero attached hydrogens (tertiary/aromatic N) is 1. The fourth-order valence-electron chi connectivity index (χ4n) is 2.05. The van der Waals surface area contributed by atoms with Gasteiger partial charge in [-0.05, 0) is 38.7 Å². The number of hydrogen-bond donors (Lipinski definition) is 1. The Hall–Kier alpha value is -1.58. The molecule has 0 spiro atoms. The second-order valence-electron chi connectivity index (χ2n) is 4.86. The zero-order valence-corrected chi connectivity index (χ0v) is 9.43. The standard InChI is InChI=1S/C12H15NO3/c1-12(2,9-4-5-9)13-7-8(11(15)16)3-6-10(13)14/h3,6-7,9H,4-5H2,1-2H3,(H,15,16). The molecule has 1 saturated carbocycles. The van der Waals surface area contributed by atoms with Crippen molar-refractivity contribution in [3.8, 4) is 0 Å². The number of hydrogen-bond acceptors (Lipinski definition) is 2. The Bertz CT molecular complexity index is 483. The van der Waals surface area contributed by atoms with Crippen LogP contribution in [0.1, 0.15) is 37.0 Å². The number of carboxylic acids is 1. The van der Waals surface area contributed by atoms with Crippen molar-refractivity contribution >= 4 is 5.97 Å². The van der Waals surface area contributed by atoms with Crippen LogP contribution >= 0.6 is 0 Å². The Morgan fingerprint density at radius 1 is 1.44 bits per heavy atom. The first-order valence-corrected chi connectivity index (χ1v) is 5.39. The number of carboxylic acid groups (broad SMARTS) is 1. The molecule has 0 aromatic carbocycles. The molecule has 0 radical (unpaired) electrons. The van der Waals surface area contributed by atoms with Gasteiger partial charge in [0.1, 0.15) is 0 Å². The fraction of sp³-hybridized carbons (Fsp3) is 0.500. The summed E-state index contributed by atoms with van der Waals surface area (Å²) in [5, 5.41) is 8.90. The average Bonchev–Trinajstić information content (AvgIpc) is 3.00. The molecule has 1 aliphatic carbocycles. The third kappa shape index (κ3) is 1.75. The van der Waals surface area contributed by atoms with Crippen LogP contribution in [0.15, 0.2) is 23.1 Å². The third-order valence-electron chi connectivity index (χ3n) is 3.36. The van der Waals surface area contributed by atoms with Gasteiger partial charge in [0.2, 0.25) is 0 Å². The highest BCUT2D eigenvalue weighted by Crippen LogP contribution is 2.43. The highest BCUT2D eigenvalue weighted by Gasteiger charge is 2.39. The van der Waals surface area contributed by atoms with Gasteiger partial charge in [-0.1, -0.05) is 0 Å². The molecule has 86 valence electrons. The van der Waals surface area contributed by atoms with Crippen molar-refractivity contribution in [2.24, 2.45) is 5.92 Å². The molecule has 4 heteroatoms. The summed E-state index contributed by atoms with van der Waals surface area (Å²) < 4.78 is 1.55. The fourth-order valence-corrected chi connectivity index (χ4v) is 2.05. The van der Waals surface area contributed by atoms with Crippen LogP contribution in [0.3, 0.4) is 0 Å². The van der Waals surface area contributed by atoms with E-state index in [0.717, 1.165) is 12.8 Å². The molecule has 2 rings (SSSR count). The van der Waals surface area contributed by atoms with E-state index in [0.29, 0.717) is 5.92 Å². The van der Waals surface area contributed by atoms with Gasteiger partial charge in [-0.25, -0.2) is 4.79 Å². The van der Waals surface area contributed by atoms with Crippen molar-refractivity contribution in [2.75, 3.05) is 0 Å². The van der Waals surface area contributed by atoms with Gasteiger partial charge in [-0.2, -0.15) is 0 Å². The minimum Gasteiger partial charge on any atom is -0.478 e. The molecular weight excluding hydrogens is 206 g/mol. The van der Waals surface area contributed by atoms with E-state index >= 15 is 0 Å². The van der Waals surface area contributed by atoms with Crippen molar-refractivity contribution < 1.29 is 9.90 Å². The molecule has 0 aliphatic heterocycles. The summed E-state index contributed by atoms with van der Waals surface area (Å²) in [6.07, 6.45) is 3.66. The lowest BCUT2D eigenvalue weighted by molar-refractivity contribution is 0.0695. The van der Waals surface area contributed by atoms with Gasteiger partial charge >= 0.3 is 5.97 Å². The maximum atomic E-state index is 11.7. The number of aromatic nitrogens is 1. The molecule has 1 aliphatic rings. The Labute approximate surface area is 93.5 Å². The molecular formula is C12H15NO3. The first-order chi connectivity index (χ1) is 7.43. The predicted molar refractivity (Wildman–Crippen MR) is 59.7 cm³/mol. The van der Waals surface area contributed by atoms with Crippen molar-refractivity contribution in [3.05, 3.63) is 34.2 Å². The minimum atomic E-state index is -1.000. The van der Waals surface area contributed by atoms with E-state index in [1.807, 2.05) is 13.8 Å². The number of rotatable bonds is 3. The minimum absolute atomic E-state index is 0.137. The van der Waals surface area contributed by atoms with E-state index in [2.05, 4.69) is 0 Å². The zero-order chi connectivity index (χ0) is 11.9. The average molecular weight is 221 g/mol. The second kappa shape index (κ2) is 3.47. The quantitative estimate of drug-likeness (QED) is 0.845. The lowest BCUT2D eigenvalue weighted by atomic mass is 9.98. The summed E-state index contributed by atoms with van der Waals surface area (Å²) in [4.78, 5) is 22.6. The van der Waals surface area contributed by atoms with Crippen molar-refractivity contribution in [1.29, 1.82) is 0 Å². The highest BCUT2D eigenvalue weighted by atomic mass is 16.4. The van der Waals surface area contributed by atoms with Crippen molar-refractivity contribution in [1.82, 2.24) is 4.57 Å². The maximum absolute atomic E-state index is 11.7. The first kappa shape index (κ1) is 10.9. The number of aromatic carboxylic acids is 1. The molecule has 0 bridgehead atoms. The van der Waals surface area contributed by atoms with E-state index in [1.54, 1.807) is 4.57 Å². The predicted octanol–water partition coefficient (Wildman–Crippen LogP) is 1.69. The summed E-state index contributed by atoms with van der Waals surface area (Å²) in [5.74, 6) is -0.519. The number of carbonyl (C=O) groups is 1. The lowest BCUT2D eigenvalue weighted by Gasteiger charge is -2.27. The van der Waals surface area contributed by atoms with Crippen LogP contribution in [0.25, 0.3) is 0 Å². The normalized spacial score (nSPS) is 16.1. The molecule has 1 heterocycles. The van der Waals surface area contributed by atoms with Crippen LogP contribution in [-0.2, 0) is 5.54 Å². The van der Waals surface area contributed by atoms with Crippen LogP contribution in [-0.4, -0.2) is 15.6 Å². The summed E-state index contributed by atoms with van der Waals surface area (Å²) >= 11 is 0. The van der Waals surface area contributed by atoms with Gasteiger partial charge in [0.15, 0.2) is 0 Å². The van der Waals surface area contributed by atoms with E-state index in [4.69, 9.17) is 5.11 Å². The molecule has 16 heavy (non-hydrogen) atoms. The zero-order valence-electron chi connectivity index (χ0n) is 9.43. The molecule has 0 saturated heterocycles. The Morgan fingerprint density at radius 3 is 2.56 bits per heavy atom. The largest absolute Gasteiger partial charge is 0.478 e. The molecule has 1 fully saturated rings. The molecule has 0 unspecified atom stereocenters. The van der Waals surface area contributed by atoms with Crippen LogP contribution in [0.5, 0.6) is 0 Å². The molecule has 1 N–H and O–H groups in total. The monoisotopic (exact) mass is 221 g/mol. The highest BCUT2D eigenvalue weighted by molar-refractivity contribution is 5.87. The summed E-state index contributed by atoms with van der Waals surface area (Å²) in [5.41, 5.74) is -0.266. The molecule has 0 amide bonds. The first-order valence-electron chi connectivity index (χ1n) is 5.39. The smallest absolute Gasteiger partial charge is 0.337 e. The van der Waals surface area contributed by atoms with Gasteiger partial charge < -0.3 is 9.67 Å². The van der Waals surface area contributed by atoms with Crippen molar-refractivity contribution in [3.63, 3.8) is 0 Å². The molecule has 4 nitrogen and oxygen atoms in total. The van der Waals surface area contributed by atoms with Crippen LogP contribution in [0.4, 0.5) is 0 Å². The van der Waals surface area contributed by atoms with Gasteiger partial charge in [-0.3, -0.25) is 4.79 Å². The molecule has 0 atom stereocenters. The Morgan fingerprint density at radius 2 is 2.06 bits per heavy atom. The number of pyridine rings is 1. The topological polar surface area (TPSA) is 59.3 Å². The van der Waals surface area contributed by atoms with Crippen molar-refractivity contribution in [2.45, 2.75) is 32.2 Å². The van der Waals surface area contributed by atoms with Crippen LogP contribution in [0.2, 0.25) is 0 Å². The molecule has 1 aromatic rings. The van der Waals surface area contributed by atoms with Gasteiger partial charge in [0, 0.05) is 17.8 Å². The Balaban J connectivity index is 2.50. The Kier molecular flexibility index (Phi) is 2.37. The van der Waals surface area contributed by atoms with Gasteiger partial charge in [-0.15, -0.1) is 0 Å². The summed E-state index contributed by atoms with van der Waals surface area (Å²) in [7, 11) is 0. The van der Waals surface area contributed by atoms with Gasteiger partial charge in [0.05, 0.1) is 5.56 Å². The lowest BCUT2D eigenvalue weighted by Crippen LogP contribution is -2.37. The van der Waals surface area contributed by atoms with Crippen LogP contribution in [0, 0.1) is 5.92 Å². The second-order valence-corrected chi connectivity index (χ2v) is 4.86. The van der Waals surface area contributed by atoms with E-state index < -0.39 is 5.97 Å². The summed E-state index contributed by atoms with van der Waals surface area (Å²) in [6, 6.07) is 2.68. The van der Waals surface area contributed by atoms with Crippen LogP contribution < -0.4 is 5.56 Å². The van der Waals surface area contributed by atoms with Gasteiger partial charge in [0.25, 0.3) is 5.56 Å². The van der Waals surface area contributed by atoms with E-state index in [1.165, 1.54) is 18.3 Å². The molecule has 1 aromatic heterocycles. The third-order valence-corrected chi connectivity index (χ3v) is 3.36. The van der Waals surface area contributed by atoms with E-state index in [9.17, 15) is 9.59 Å².